The maximum atomic E-state index is 11.2. The number of thioether (sulfide) groups is 1. The summed E-state index contributed by atoms with van der Waals surface area (Å²) in [7, 11) is 0. The maximum absolute atomic E-state index is 11.2. The molecule has 0 aromatic rings. The van der Waals surface area contributed by atoms with E-state index in [9.17, 15) is 4.79 Å². The molecule has 1 N–H and O–H groups in total. The minimum Gasteiger partial charge on any atom is -0.355 e. The Bertz CT molecular complexity index is 144. The SMILES string of the molecule is CCCC(Br)CNC(=O)CCSC. The van der Waals surface area contributed by atoms with Gasteiger partial charge in [-0.1, -0.05) is 29.3 Å². The summed E-state index contributed by atoms with van der Waals surface area (Å²) in [5.41, 5.74) is 0. The summed E-state index contributed by atoms with van der Waals surface area (Å²) in [6.07, 6.45) is 4.91. The molecule has 2 nitrogen and oxygen atoms in total. The number of nitrogens with one attached hydrogen (secondary N) is 1. The first-order valence-corrected chi connectivity index (χ1v) is 6.91. The van der Waals surface area contributed by atoms with Gasteiger partial charge in [0, 0.05) is 23.5 Å². The van der Waals surface area contributed by atoms with E-state index in [1.165, 1.54) is 0 Å². The number of amides is 1. The predicted molar refractivity (Wildman–Crippen MR) is 63.6 cm³/mol. The van der Waals surface area contributed by atoms with Crippen LogP contribution < -0.4 is 5.32 Å². The van der Waals surface area contributed by atoms with Gasteiger partial charge in [-0.25, -0.2) is 0 Å². The van der Waals surface area contributed by atoms with Crippen molar-refractivity contribution in [2.75, 3.05) is 18.6 Å². The van der Waals surface area contributed by atoms with Gasteiger partial charge < -0.3 is 5.32 Å². The summed E-state index contributed by atoms with van der Waals surface area (Å²) < 4.78 is 0. The Morgan fingerprint density at radius 1 is 1.62 bits per heavy atom. The molecule has 0 aliphatic carbocycles. The van der Waals surface area contributed by atoms with Gasteiger partial charge >= 0.3 is 0 Å². The summed E-state index contributed by atoms with van der Waals surface area (Å²) in [6, 6.07) is 0. The molecular formula is C9H18BrNOS. The smallest absolute Gasteiger partial charge is 0.220 e. The van der Waals surface area contributed by atoms with E-state index in [2.05, 4.69) is 28.2 Å². The van der Waals surface area contributed by atoms with Crippen LogP contribution in [0.2, 0.25) is 0 Å². The number of hydrogen-bond donors (Lipinski definition) is 1. The number of hydrogen-bond acceptors (Lipinski definition) is 2. The van der Waals surface area contributed by atoms with Gasteiger partial charge in [0.15, 0.2) is 0 Å². The van der Waals surface area contributed by atoms with Gasteiger partial charge in [-0.15, -0.1) is 0 Å². The lowest BCUT2D eigenvalue weighted by Gasteiger charge is -2.09. The van der Waals surface area contributed by atoms with Crippen LogP contribution in [0.15, 0.2) is 0 Å². The fraction of sp³-hybridized carbons (Fsp3) is 0.889. The second-order valence-corrected chi connectivity index (χ2v) is 5.21. The van der Waals surface area contributed by atoms with Gasteiger partial charge in [0.25, 0.3) is 0 Å². The minimum atomic E-state index is 0.162. The van der Waals surface area contributed by atoms with Crippen molar-refractivity contribution in [1.82, 2.24) is 5.32 Å². The van der Waals surface area contributed by atoms with Gasteiger partial charge in [-0.2, -0.15) is 11.8 Å². The van der Waals surface area contributed by atoms with Crippen LogP contribution in [0.5, 0.6) is 0 Å². The summed E-state index contributed by atoms with van der Waals surface area (Å²) in [4.78, 5) is 11.6. The molecule has 1 unspecified atom stereocenters. The van der Waals surface area contributed by atoms with Crippen molar-refractivity contribution in [3.05, 3.63) is 0 Å². The van der Waals surface area contributed by atoms with Crippen LogP contribution in [0.4, 0.5) is 0 Å². The first kappa shape index (κ1) is 13.3. The number of carbonyl (C=O) groups excluding carboxylic acids is 1. The van der Waals surface area contributed by atoms with Crippen molar-refractivity contribution in [2.45, 2.75) is 31.0 Å². The quantitative estimate of drug-likeness (QED) is 0.718. The van der Waals surface area contributed by atoms with Crippen LogP contribution in [0.1, 0.15) is 26.2 Å². The van der Waals surface area contributed by atoms with E-state index in [1.54, 1.807) is 11.8 Å². The zero-order valence-corrected chi connectivity index (χ0v) is 10.7. The molecule has 0 saturated carbocycles. The van der Waals surface area contributed by atoms with Crippen LogP contribution in [0, 0.1) is 0 Å². The summed E-state index contributed by atoms with van der Waals surface area (Å²) in [5.74, 6) is 1.07. The lowest BCUT2D eigenvalue weighted by Crippen LogP contribution is -2.29. The monoisotopic (exact) mass is 267 g/mol. The Balaban J connectivity index is 3.34. The Labute approximate surface area is 93.4 Å². The van der Waals surface area contributed by atoms with Gasteiger partial charge in [0.1, 0.15) is 0 Å². The van der Waals surface area contributed by atoms with E-state index in [0.717, 1.165) is 25.1 Å². The maximum Gasteiger partial charge on any atom is 0.220 e. The Hall–Kier alpha value is 0.300. The van der Waals surface area contributed by atoms with Crippen LogP contribution in [-0.2, 0) is 4.79 Å². The van der Waals surface area contributed by atoms with Crippen molar-refractivity contribution in [3.63, 3.8) is 0 Å². The van der Waals surface area contributed by atoms with Crippen LogP contribution in [0.25, 0.3) is 0 Å². The lowest BCUT2D eigenvalue weighted by atomic mass is 10.2. The molecule has 0 rings (SSSR count). The predicted octanol–water partition coefficient (Wildman–Crippen LogP) is 2.42. The third-order valence-corrected chi connectivity index (χ3v) is 3.05. The highest BCUT2D eigenvalue weighted by Crippen LogP contribution is 2.06. The number of halogens is 1. The topological polar surface area (TPSA) is 29.1 Å². The zero-order valence-electron chi connectivity index (χ0n) is 8.31. The Kier molecular flexibility index (Phi) is 9.08. The second-order valence-electron chi connectivity index (χ2n) is 2.93. The van der Waals surface area contributed by atoms with Crippen molar-refractivity contribution in [3.8, 4) is 0 Å². The van der Waals surface area contributed by atoms with E-state index in [0.29, 0.717) is 11.2 Å². The molecule has 0 bridgehead atoms. The number of carbonyl (C=O) groups is 1. The standard InChI is InChI=1S/C9H18BrNOS/c1-3-4-8(10)7-11-9(12)5-6-13-2/h8H,3-7H2,1-2H3,(H,11,12). The number of alkyl halides is 1. The molecule has 0 heterocycles. The molecular weight excluding hydrogens is 250 g/mol. The fourth-order valence-electron chi connectivity index (χ4n) is 0.923. The fourth-order valence-corrected chi connectivity index (χ4v) is 1.93. The Morgan fingerprint density at radius 3 is 2.85 bits per heavy atom. The molecule has 0 saturated heterocycles. The van der Waals surface area contributed by atoms with Crippen LogP contribution in [-0.4, -0.2) is 29.3 Å². The highest BCUT2D eigenvalue weighted by Gasteiger charge is 2.05. The van der Waals surface area contributed by atoms with Crippen molar-refractivity contribution in [2.24, 2.45) is 0 Å². The van der Waals surface area contributed by atoms with Gasteiger partial charge in [-0.3, -0.25) is 4.79 Å². The highest BCUT2D eigenvalue weighted by molar-refractivity contribution is 9.09. The van der Waals surface area contributed by atoms with Crippen LogP contribution in [0.3, 0.4) is 0 Å². The molecule has 0 fully saturated rings. The summed E-state index contributed by atoms with van der Waals surface area (Å²) in [5, 5.41) is 2.90. The highest BCUT2D eigenvalue weighted by atomic mass is 79.9. The lowest BCUT2D eigenvalue weighted by molar-refractivity contribution is -0.120. The normalized spacial score (nSPS) is 12.5. The van der Waals surface area contributed by atoms with Crippen molar-refractivity contribution in [1.29, 1.82) is 0 Å². The first-order valence-electron chi connectivity index (χ1n) is 4.60. The van der Waals surface area contributed by atoms with Gasteiger partial charge in [-0.05, 0) is 12.7 Å². The first-order chi connectivity index (χ1) is 6.20. The largest absolute Gasteiger partial charge is 0.355 e. The van der Waals surface area contributed by atoms with E-state index in [-0.39, 0.29) is 5.91 Å². The molecule has 0 radical (unpaired) electrons. The molecule has 13 heavy (non-hydrogen) atoms. The van der Waals surface area contributed by atoms with Crippen molar-refractivity contribution >= 4 is 33.6 Å². The molecule has 0 aromatic heterocycles. The minimum absolute atomic E-state index is 0.162. The molecule has 0 aliphatic heterocycles. The molecule has 0 aromatic carbocycles. The molecule has 1 atom stereocenters. The molecule has 0 aliphatic rings. The molecule has 4 heteroatoms. The third kappa shape index (κ3) is 8.63. The molecule has 78 valence electrons. The van der Waals surface area contributed by atoms with E-state index in [1.807, 2.05) is 6.26 Å². The van der Waals surface area contributed by atoms with Gasteiger partial charge in [0.2, 0.25) is 5.91 Å². The van der Waals surface area contributed by atoms with E-state index in [4.69, 9.17) is 0 Å². The summed E-state index contributed by atoms with van der Waals surface area (Å²) in [6.45, 7) is 2.89. The molecule has 1 amide bonds. The van der Waals surface area contributed by atoms with Gasteiger partial charge in [0.05, 0.1) is 0 Å². The third-order valence-electron chi connectivity index (χ3n) is 1.66. The molecule has 0 spiro atoms. The second kappa shape index (κ2) is 8.88. The zero-order chi connectivity index (χ0) is 10.1. The number of rotatable bonds is 7. The average Bonchev–Trinajstić information content (AvgIpc) is 2.12. The van der Waals surface area contributed by atoms with Crippen molar-refractivity contribution < 1.29 is 4.79 Å². The van der Waals surface area contributed by atoms with E-state index >= 15 is 0 Å². The Morgan fingerprint density at radius 2 is 2.31 bits per heavy atom. The van der Waals surface area contributed by atoms with E-state index < -0.39 is 0 Å². The average molecular weight is 268 g/mol. The van der Waals surface area contributed by atoms with Crippen LogP contribution >= 0.6 is 27.7 Å². The summed E-state index contributed by atoms with van der Waals surface area (Å²) >= 11 is 5.22.